The molecule has 1 N–H and O–H groups in total. The lowest BCUT2D eigenvalue weighted by Crippen LogP contribution is -2.08. The van der Waals surface area contributed by atoms with E-state index in [1.807, 2.05) is 31.2 Å². The molecule has 0 saturated carbocycles. The summed E-state index contributed by atoms with van der Waals surface area (Å²) in [5, 5.41) is 11.1. The van der Waals surface area contributed by atoms with Crippen molar-refractivity contribution in [2.45, 2.75) is 13.0 Å². The number of rotatable bonds is 4. The van der Waals surface area contributed by atoms with Crippen molar-refractivity contribution in [3.63, 3.8) is 0 Å². The second-order valence-electron chi connectivity index (χ2n) is 3.71. The van der Waals surface area contributed by atoms with Gasteiger partial charge in [0.05, 0.1) is 12.1 Å². The lowest BCUT2D eigenvalue weighted by atomic mass is 10.1. The Bertz CT molecular complexity index is 516. The van der Waals surface area contributed by atoms with Crippen molar-refractivity contribution in [1.29, 1.82) is 0 Å². The first-order valence-corrected chi connectivity index (χ1v) is 6.32. The fourth-order valence-corrected chi connectivity index (χ4v) is 2.20. The van der Waals surface area contributed by atoms with Gasteiger partial charge in [-0.2, -0.15) is 0 Å². The van der Waals surface area contributed by atoms with Gasteiger partial charge in [-0.3, -0.25) is 4.98 Å². The van der Waals surface area contributed by atoms with E-state index in [4.69, 9.17) is 4.74 Å². The molecule has 2 rings (SSSR count). The molecule has 1 aromatic carbocycles. The first-order valence-electron chi connectivity index (χ1n) is 5.53. The smallest absolute Gasteiger partial charge is 0.104 e. The average Bonchev–Trinajstić information content (AvgIpc) is 2.37. The van der Waals surface area contributed by atoms with Gasteiger partial charge in [-0.05, 0) is 19.1 Å². The van der Waals surface area contributed by atoms with Crippen molar-refractivity contribution in [1.82, 2.24) is 4.98 Å². The van der Waals surface area contributed by atoms with Crippen molar-refractivity contribution in [2.24, 2.45) is 0 Å². The monoisotopic (exact) mass is 295 g/mol. The number of fused-ring (bicyclic) bond motifs is 1. The number of aromatic nitrogens is 1. The molecule has 0 bridgehead atoms. The van der Waals surface area contributed by atoms with Crippen LogP contribution in [0.5, 0.6) is 0 Å². The van der Waals surface area contributed by atoms with Crippen LogP contribution in [-0.4, -0.2) is 23.3 Å². The highest BCUT2D eigenvalue weighted by atomic mass is 79.9. The van der Waals surface area contributed by atoms with Crippen molar-refractivity contribution < 1.29 is 9.84 Å². The summed E-state index contributed by atoms with van der Waals surface area (Å²) in [7, 11) is 0. The number of hydrogen-bond donors (Lipinski definition) is 1. The molecular formula is C13H14BrNO2. The van der Waals surface area contributed by atoms with Gasteiger partial charge in [0, 0.05) is 28.2 Å². The van der Waals surface area contributed by atoms with Crippen molar-refractivity contribution in [3.8, 4) is 0 Å². The zero-order valence-corrected chi connectivity index (χ0v) is 11.1. The second-order valence-corrected chi connectivity index (χ2v) is 4.57. The predicted octanol–water partition coefficient (Wildman–Crippen LogP) is 3.07. The van der Waals surface area contributed by atoms with E-state index in [2.05, 4.69) is 20.9 Å². The topological polar surface area (TPSA) is 42.4 Å². The minimum Gasteiger partial charge on any atom is -0.386 e. The number of aliphatic hydroxyl groups is 1. The molecule has 1 unspecified atom stereocenters. The molecule has 0 amide bonds. The molecule has 1 aromatic heterocycles. The van der Waals surface area contributed by atoms with Gasteiger partial charge < -0.3 is 9.84 Å². The Labute approximate surface area is 109 Å². The van der Waals surface area contributed by atoms with Gasteiger partial charge in [0.25, 0.3) is 0 Å². The lowest BCUT2D eigenvalue weighted by molar-refractivity contribution is 0.0427. The number of hydrogen-bond acceptors (Lipinski definition) is 3. The maximum Gasteiger partial charge on any atom is 0.104 e. The Kier molecular flexibility index (Phi) is 4.10. The first kappa shape index (κ1) is 12.5. The van der Waals surface area contributed by atoms with Gasteiger partial charge in [0.15, 0.2) is 0 Å². The zero-order chi connectivity index (χ0) is 12.3. The van der Waals surface area contributed by atoms with Crippen LogP contribution in [-0.2, 0) is 4.74 Å². The molecule has 0 radical (unpaired) electrons. The number of aliphatic hydroxyl groups excluding tert-OH is 1. The largest absolute Gasteiger partial charge is 0.386 e. The molecule has 1 atom stereocenters. The fourth-order valence-electron chi connectivity index (χ4n) is 1.75. The van der Waals surface area contributed by atoms with Crippen molar-refractivity contribution in [3.05, 3.63) is 40.5 Å². The van der Waals surface area contributed by atoms with Gasteiger partial charge in [-0.1, -0.05) is 28.1 Å². The highest BCUT2D eigenvalue weighted by Crippen LogP contribution is 2.28. The molecule has 17 heavy (non-hydrogen) atoms. The quantitative estimate of drug-likeness (QED) is 0.943. The highest BCUT2D eigenvalue weighted by molar-refractivity contribution is 9.10. The lowest BCUT2D eigenvalue weighted by Gasteiger charge is -2.13. The average molecular weight is 296 g/mol. The van der Waals surface area contributed by atoms with E-state index in [0.717, 1.165) is 20.9 Å². The van der Waals surface area contributed by atoms with Crippen LogP contribution in [0, 0.1) is 0 Å². The maximum atomic E-state index is 10.1. The summed E-state index contributed by atoms with van der Waals surface area (Å²) in [6.07, 6.45) is 1.09. The van der Waals surface area contributed by atoms with E-state index in [-0.39, 0.29) is 0 Å². The first-order chi connectivity index (χ1) is 8.24. The number of halogens is 1. The molecular weight excluding hydrogens is 282 g/mol. The van der Waals surface area contributed by atoms with Crippen molar-refractivity contribution >= 4 is 26.8 Å². The molecule has 0 aliphatic rings. The fraction of sp³-hybridized carbons (Fsp3) is 0.308. The Hall–Kier alpha value is -0.970. The molecule has 1 heterocycles. The third-order valence-electron chi connectivity index (χ3n) is 2.59. The number of nitrogens with zero attached hydrogens (tertiary/aromatic N) is 1. The Morgan fingerprint density at radius 1 is 1.41 bits per heavy atom. The Morgan fingerprint density at radius 2 is 2.24 bits per heavy atom. The second kappa shape index (κ2) is 5.58. The SMILES string of the molecule is CCOCC(O)c1ccc(Br)c2cccnc12. The van der Waals surface area contributed by atoms with E-state index in [9.17, 15) is 5.11 Å². The van der Waals surface area contributed by atoms with Gasteiger partial charge >= 0.3 is 0 Å². The highest BCUT2D eigenvalue weighted by Gasteiger charge is 2.13. The normalized spacial score (nSPS) is 12.9. The maximum absolute atomic E-state index is 10.1. The van der Waals surface area contributed by atoms with E-state index >= 15 is 0 Å². The summed E-state index contributed by atoms with van der Waals surface area (Å²) in [5.41, 5.74) is 1.62. The number of ether oxygens (including phenoxy) is 1. The number of benzene rings is 1. The van der Waals surface area contributed by atoms with Crippen molar-refractivity contribution in [2.75, 3.05) is 13.2 Å². The summed E-state index contributed by atoms with van der Waals surface area (Å²) in [4.78, 5) is 4.33. The van der Waals surface area contributed by atoms with Crippen LogP contribution >= 0.6 is 15.9 Å². The van der Waals surface area contributed by atoms with Crippen LogP contribution in [0.3, 0.4) is 0 Å². The molecule has 3 nitrogen and oxygen atoms in total. The third-order valence-corrected chi connectivity index (χ3v) is 3.28. The molecule has 0 saturated heterocycles. The Balaban J connectivity index is 2.44. The molecule has 0 spiro atoms. The van der Waals surface area contributed by atoms with E-state index < -0.39 is 6.10 Å². The van der Waals surface area contributed by atoms with Crippen LogP contribution in [0.4, 0.5) is 0 Å². The Morgan fingerprint density at radius 3 is 3.00 bits per heavy atom. The minimum absolute atomic E-state index is 0.295. The standard InChI is InChI=1S/C13H14BrNO2/c1-2-17-8-12(16)10-5-6-11(14)9-4-3-7-15-13(9)10/h3-7,12,16H,2,8H2,1H3. The molecule has 0 fully saturated rings. The zero-order valence-electron chi connectivity index (χ0n) is 9.56. The van der Waals surface area contributed by atoms with Crippen LogP contribution in [0.2, 0.25) is 0 Å². The molecule has 4 heteroatoms. The summed E-state index contributed by atoms with van der Waals surface area (Å²) >= 11 is 3.48. The molecule has 0 aliphatic heterocycles. The van der Waals surface area contributed by atoms with Gasteiger partial charge in [-0.15, -0.1) is 0 Å². The molecule has 90 valence electrons. The van der Waals surface area contributed by atoms with E-state index in [1.165, 1.54) is 0 Å². The molecule has 2 aromatic rings. The van der Waals surface area contributed by atoms with Gasteiger partial charge in [-0.25, -0.2) is 0 Å². The minimum atomic E-state index is -0.638. The van der Waals surface area contributed by atoms with Gasteiger partial charge in [0.1, 0.15) is 6.10 Å². The summed E-state index contributed by atoms with van der Waals surface area (Å²) in [5.74, 6) is 0. The summed E-state index contributed by atoms with van der Waals surface area (Å²) < 4.78 is 6.22. The summed E-state index contributed by atoms with van der Waals surface area (Å²) in [6, 6.07) is 7.66. The van der Waals surface area contributed by atoms with E-state index in [0.29, 0.717) is 13.2 Å². The van der Waals surface area contributed by atoms with Crippen LogP contribution in [0.1, 0.15) is 18.6 Å². The number of pyridine rings is 1. The molecule has 0 aliphatic carbocycles. The van der Waals surface area contributed by atoms with Crippen LogP contribution in [0.25, 0.3) is 10.9 Å². The summed E-state index contributed by atoms with van der Waals surface area (Å²) in [6.45, 7) is 2.80. The third kappa shape index (κ3) is 2.65. The van der Waals surface area contributed by atoms with Crippen LogP contribution < -0.4 is 0 Å². The van der Waals surface area contributed by atoms with Gasteiger partial charge in [0.2, 0.25) is 0 Å². The van der Waals surface area contributed by atoms with Crippen LogP contribution in [0.15, 0.2) is 34.9 Å². The predicted molar refractivity (Wildman–Crippen MR) is 70.9 cm³/mol. The van der Waals surface area contributed by atoms with E-state index in [1.54, 1.807) is 6.20 Å².